The highest BCUT2D eigenvalue weighted by Gasteiger charge is 2.37. The van der Waals surface area contributed by atoms with Crippen molar-refractivity contribution in [2.24, 2.45) is 0 Å². The SMILES string of the molecule is O=C(O)c1ccc(C(=O)c2ccc3c(c2)C(=O)N(c2ccncc2)C3=O)cc1. The summed E-state index contributed by atoms with van der Waals surface area (Å²) < 4.78 is 0. The van der Waals surface area contributed by atoms with Gasteiger partial charge in [0.25, 0.3) is 11.8 Å². The zero-order valence-electron chi connectivity index (χ0n) is 14.3. The first-order valence-corrected chi connectivity index (χ1v) is 8.28. The molecule has 28 heavy (non-hydrogen) atoms. The van der Waals surface area contributed by atoms with Gasteiger partial charge in [0.15, 0.2) is 5.78 Å². The van der Waals surface area contributed by atoms with E-state index in [9.17, 15) is 19.2 Å². The average molecular weight is 372 g/mol. The van der Waals surface area contributed by atoms with Crippen LogP contribution in [-0.2, 0) is 0 Å². The molecule has 1 aromatic heterocycles. The van der Waals surface area contributed by atoms with Crippen LogP contribution in [0.1, 0.15) is 47.0 Å². The predicted molar refractivity (Wildman–Crippen MR) is 98.7 cm³/mol. The van der Waals surface area contributed by atoms with E-state index < -0.39 is 17.8 Å². The van der Waals surface area contributed by atoms with Crippen molar-refractivity contribution in [2.75, 3.05) is 4.90 Å². The zero-order chi connectivity index (χ0) is 19.8. The second-order valence-corrected chi connectivity index (χ2v) is 6.12. The van der Waals surface area contributed by atoms with E-state index in [0.717, 1.165) is 4.90 Å². The maximum Gasteiger partial charge on any atom is 0.335 e. The van der Waals surface area contributed by atoms with Gasteiger partial charge in [-0.15, -0.1) is 0 Å². The number of hydrogen-bond donors (Lipinski definition) is 1. The van der Waals surface area contributed by atoms with Crippen LogP contribution in [0.25, 0.3) is 0 Å². The number of carbonyl (C=O) groups is 4. The third kappa shape index (κ3) is 2.75. The summed E-state index contributed by atoms with van der Waals surface area (Å²) in [5, 5.41) is 8.95. The van der Waals surface area contributed by atoms with Gasteiger partial charge in [-0.05, 0) is 36.4 Å². The number of aromatic carboxylic acids is 1. The first-order valence-electron chi connectivity index (χ1n) is 8.28. The first-order chi connectivity index (χ1) is 13.5. The largest absolute Gasteiger partial charge is 0.478 e. The van der Waals surface area contributed by atoms with Crippen LogP contribution in [0.4, 0.5) is 5.69 Å². The average Bonchev–Trinajstić information content (AvgIpc) is 2.98. The summed E-state index contributed by atoms with van der Waals surface area (Å²) in [6.07, 6.45) is 2.96. The molecule has 0 aliphatic carbocycles. The topological polar surface area (TPSA) is 105 Å². The maximum atomic E-state index is 12.7. The number of nitrogens with zero attached hydrogens (tertiary/aromatic N) is 2. The van der Waals surface area contributed by atoms with Crippen LogP contribution in [0, 0.1) is 0 Å². The van der Waals surface area contributed by atoms with Crippen molar-refractivity contribution in [3.63, 3.8) is 0 Å². The summed E-state index contributed by atoms with van der Waals surface area (Å²) >= 11 is 0. The molecular weight excluding hydrogens is 360 g/mol. The highest BCUT2D eigenvalue weighted by atomic mass is 16.4. The molecule has 0 bridgehead atoms. The summed E-state index contributed by atoms with van der Waals surface area (Å²) in [5.41, 5.74) is 1.36. The molecule has 2 amide bonds. The van der Waals surface area contributed by atoms with E-state index in [1.165, 1.54) is 54.9 Å². The number of hydrogen-bond acceptors (Lipinski definition) is 5. The van der Waals surface area contributed by atoms with Gasteiger partial charge in [-0.2, -0.15) is 0 Å². The smallest absolute Gasteiger partial charge is 0.335 e. The summed E-state index contributed by atoms with van der Waals surface area (Å²) in [6, 6.07) is 12.9. The number of carboxylic acids is 1. The van der Waals surface area contributed by atoms with Gasteiger partial charge in [0.05, 0.1) is 22.4 Å². The van der Waals surface area contributed by atoms with Gasteiger partial charge in [-0.1, -0.05) is 18.2 Å². The number of carbonyl (C=O) groups excluding carboxylic acids is 3. The van der Waals surface area contributed by atoms with Crippen molar-refractivity contribution in [2.45, 2.75) is 0 Å². The van der Waals surface area contributed by atoms with E-state index in [1.54, 1.807) is 12.1 Å². The second kappa shape index (κ2) is 6.55. The molecule has 4 rings (SSSR count). The van der Waals surface area contributed by atoms with Gasteiger partial charge in [0, 0.05) is 23.5 Å². The molecule has 2 heterocycles. The van der Waals surface area contributed by atoms with Crippen LogP contribution in [0.3, 0.4) is 0 Å². The van der Waals surface area contributed by atoms with Crippen molar-refractivity contribution >= 4 is 29.3 Å². The van der Waals surface area contributed by atoms with Crippen molar-refractivity contribution in [1.29, 1.82) is 0 Å². The number of rotatable bonds is 4. The summed E-state index contributed by atoms with van der Waals surface area (Å²) in [7, 11) is 0. The van der Waals surface area contributed by atoms with Crippen LogP contribution in [0.5, 0.6) is 0 Å². The van der Waals surface area contributed by atoms with E-state index in [0.29, 0.717) is 5.69 Å². The summed E-state index contributed by atoms with van der Waals surface area (Å²) in [5.74, 6) is -2.43. The molecule has 0 radical (unpaired) electrons. The minimum Gasteiger partial charge on any atom is -0.478 e. The van der Waals surface area contributed by atoms with E-state index in [1.807, 2.05) is 0 Å². The molecule has 1 N–H and O–H groups in total. The Morgan fingerprint density at radius 1 is 0.750 bits per heavy atom. The van der Waals surface area contributed by atoms with Crippen molar-refractivity contribution in [3.05, 3.63) is 94.8 Å². The Morgan fingerprint density at radius 2 is 1.32 bits per heavy atom. The molecule has 1 aliphatic rings. The fraction of sp³-hybridized carbons (Fsp3) is 0. The molecule has 0 atom stereocenters. The van der Waals surface area contributed by atoms with Crippen molar-refractivity contribution in [3.8, 4) is 0 Å². The first kappa shape index (κ1) is 17.3. The Hall–Kier alpha value is -4.13. The Bertz CT molecular complexity index is 1140. The normalized spacial score (nSPS) is 12.8. The van der Waals surface area contributed by atoms with Gasteiger partial charge in [-0.3, -0.25) is 19.4 Å². The lowest BCUT2D eigenvalue weighted by molar-refractivity contribution is 0.0695. The van der Waals surface area contributed by atoms with E-state index in [2.05, 4.69) is 4.98 Å². The third-order valence-electron chi connectivity index (χ3n) is 4.46. The van der Waals surface area contributed by atoms with Crippen LogP contribution in [-0.4, -0.2) is 33.7 Å². The molecule has 0 saturated heterocycles. The number of aromatic nitrogens is 1. The van der Waals surface area contributed by atoms with Gasteiger partial charge in [0.1, 0.15) is 0 Å². The predicted octanol–water partition coefficient (Wildman–Crippen LogP) is 2.81. The quantitative estimate of drug-likeness (QED) is 0.558. The zero-order valence-corrected chi connectivity index (χ0v) is 14.3. The molecule has 0 saturated carbocycles. The van der Waals surface area contributed by atoms with E-state index >= 15 is 0 Å². The van der Waals surface area contributed by atoms with E-state index in [-0.39, 0.29) is 33.6 Å². The fourth-order valence-corrected chi connectivity index (χ4v) is 3.04. The lowest BCUT2D eigenvalue weighted by Crippen LogP contribution is -2.29. The Kier molecular flexibility index (Phi) is 4.04. The number of pyridine rings is 1. The molecule has 0 unspecified atom stereocenters. The number of imide groups is 1. The number of fused-ring (bicyclic) bond motifs is 1. The monoisotopic (exact) mass is 372 g/mol. The highest BCUT2D eigenvalue weighted by molar-refractivity contribution is 6.34. The van der Waals surface area contributed by atoms with Crippen molar-refractivity contribution in [1.82, 2.24) is 4.98 Å². The number of carboxylic acid groups (broad SMARTS) is 1. The van der Waals surface area contributed by atoms with Crippen LogP contribution < -0.4 is 4.90 Å². The number of ketones is 1. The molecular formula is C21H12N2O5. The van der Waals surface area contributed by atoms with Crippen LogP contribution in [0.15, 0.2) is 67.0 Å². The van der Waals surface area contributed by atoms with Gasteiger partial charge >= 0.3 is 5.97 Å². The molecule has 7 heteroatoms. The van der Waals surface area contributed by atoms with Crippen LogP contribution in [0.2, 0.25) is 0 Å². The third-order valence-corrected chi connectivity index (χ3v) is 4.46. The second-order valence-electron chi connectivity index (χ2n) is 6.12. The minimum absolute atomic E-state index is 0.0688. The summed E-state index contributed by atoms with van der Waals surface area (Å²) in [6.45, 7) is 0. The Balaban J connectivity index is 1.68. The molecule has 136 valence electrons. The van der Waals surface area contributed by atoms with Gasteiger partial charge in [0.2, 0.25) is 0 Å². The number of benzene rings is 2. The van der Waals surface area contributed by atoms with Crippen molar-refractivity contribution < 1.29 is 24.3 Å². The van der Waals surface area contributed by atoms with Crippen LogP contribution >= 0.6 is 0 Å². The maximum absolute atomic E-state index is 12.7. The molecule has 0 spiro atoms. The van der Waals surface area contributed by atoms with Gasteiger partial charge in [-0.25, -0.2) is 9.69 Å². The number of anilines is 1. The molecule has 3 aromatic rings. The summed E-state index contributed by atoms with van der Waals surface area (Å²) in [4.78, 5) is 53.9. The van der Waals surface area contributed by atoms with E-state index in [4.69, 9.17) is 5.11 Å². The Morgan fingerprint density at radius 3 is 1.96 bits per heavy atom. The van der Waals surface area contributed by atoms with Gasteiger partial charge < -0.3 is 5.11 Å². The highest BCUT2D eigenvalue weighted by Crippen LogP contribution is 2.29. The lowest BCUT2D eigenvalue weighted by Gasteiger charge is -2.12. The lowest BCUT2D eigenvalue weighted by atomic mass is 9.98. The standard InChI is InChI=1S/C21H12N2O5/c24-18(12-1-3-13(4-2-12)21(27)28)14-5-6-16-17(11-14)20(26)23(19(16)25)15-7-9-22-10-8-15/h1-11H,(H,27,28). The molecule has 7 nitrogen and oxygen atoms in total. The molecule has 0 fully saturated rings. The minimum atomic E-state index is -1.09. The molecule has 2 aromatic carbocycles. The number of amides is 2. The Labute approximate surface area is 158 Å². The fourth-order valence-electron chi connectivity index (χ4n) is 3.04. The molecule has 1 aliphatic heterocycles.